The van der Waals surface area contributed by atoms with E-state index in [1.165, 1.54) is 30.4 Å². The van der Waals surface area contributed by atoms with Crippen molar-refractivity contribution in [1.82, 2.24) is 14.8 Å². The molecule has 1 spiro atoms. The van der Waals surface area contributed by atoms with Crippen molar-refractivity contribution in [2.45, 2.75) is 44.1 Å². The number of fused-ring (bicyclic) bond motifs is 2. The Balaban J connectivity index is 1.18. The standard InChI is InChI=1S/C29H29N5O2/c1-18(36-26-14-22(15-31-27(26)30)23-16-32-34(2)17-23)20-4-3-5-24(12-20)33-28(35)21-7-6-19-8-9-29(10-11-29)25(19)13-21/h3-7,12-18H,8-11H2,1-2H3,(H2,30,31)(H,33,35). The Morgan fingerprint density at radius 1 is 1.11 bits per heavy atom. The number of nitrogens with one attached hydrogen (secondary N) is 1. The topological polar surface area (TPSA) is 95.1 Å². The zero-order chi connectivity index (χ0) is 24.9. The minimum absolute atomic E-state index is 0.0937. The lowest BCUT2D eigenvalue weighted by molar-refractivity contribution is 0.102. The Morgan fingerprint density at radius 2 is 1.97 bits per heavy atom. The number of nitrogens with two attached hydrogens (primary N) is 1. The van der Waals surface area contributed by atoms with E-state index < -0.39 is 0 Å². The second kappa shape index (κ2) is 8.52. The van der Waals surface area contributed by atoms with E-state index in [0.717, 1.165) is 28.8 Å². The number of amides is 1. The first kappa shape index (κ1) is 22.3. The van der Waals surface area contributed by atoms with Crippen molar-refractivity contribution >= 4 is 17.4 Å². The number of aromatic nitrogens is 3. The van der Waals surface area contributed by atoms with Crippen LogP contribution in [0.4, 0.5) is 11.5 Å². The summed E-state index contributed by atoms with van der Waals surface area (Å²) in [7, 11) is 1.87. The monoisotopic (exact) mass is 479 g/mol. The van der Waals surface area contributed by atoms with Crippen molar-refractivity contribution in [3.05, 3.63) is 89.4 Å². The molecule has 182 valence electrons. The summed E-state index contributed by atoms with van der Waals surface area (Å²) in [5, 5.41) is 7.28. The van der Waals surface area contributed by atoms with Crippen LogP contribution in [0.15, 0.2) is 67.1 Å². The predicted molar refractivity (Wildman–Crippen MR) is 140 cm³/mol. The number of anilines is 2. The number of hydrogen-bond donors (Lipinski definition) is 2. The number of nitrogens with zero attached hydrogens (tertiary/aromatic N) is 3. The molecule has 0 bridgehead atoms. The maximum absolute atomic E-state index is 13.1. The van der Waals surface area contributed by atoms with E-state index in [-0.39, 0.29) is 12.0 Å². The highest BCUT2D eigenvalue weighted by molar-refractivity contribution is 6.04. The molecule has 1 saturated carbocycles. The van der Waals surface area contributed by atoms with E-state index in [1.807, 2.05) is 56.6 Å². The Hall–Kier alpha value is -4.13. The first-order chi connectivity index (χ1) is 17.4. The third kappa shape index (κ3) is 4.11. The van der Waals surface area contributed by atoms with Crippen LogP contribution in [0, 0.1) is 0 Å². The highest BCUT2D eigenvalue weighted by atomic mass is 16.5. The molecule has 6 rings (SSSR count). The lowest BCUT2D eigenvalue weighted by Gasteiger charge is -2.18. The Morgan fingerprint density at radius 3 is 2.75 bits per heavy atom. The molecule has 1 fully saturated rings. The van der Waals surface area contributed by atoms with Crippen molar-refractivity contribution in [3.63, 3.8) is 0 Å². The molecule has 0 aliphatic heterocycles. The van der Waals surface area contributed by atoms with E-state index in [9.17, 15) is 4.79 Å². The van der Waals surface area contributed by atoms with Crippen molar-refractivity contribution in [2.24, 2.45) is 7.05 Å². The summed E-state index contributed by atoms with van der Waals surface area (Å²) in [6.45, 7) is 1.95. The molecular weight excluding hydrogens is 450 g/mol. The van der Waals surface area contributed by atoms with Crippen molar-refractivity contribution in [2.75, 3.05) is 11.1 Å². The molecule has 2 aromatic carbocycles. The number of ether oxygens (including phenoxy) is 1. The zero-order valence-electron chi connectivity index (χ0n) is 20.5. The van der Waals surface area contributed by atoms with Crippen LogP contribution in [-0.2, 0) is 18.9 Å². The van der Waals surface area contributed by atoms with Crippen LogP contribution in [0.2, 0.25) is 0 Å². The first-order valence-electron chi connectivity index (χ1n) is 12.4. The smallest absolute Gasteiger partial charge is 0.255 e. The number of nitrogen functional groups attached to an aromatic ring is 1. The highest BCUT2D eigenvalue weighted by Gasteiger charge is 2.48. The van der Waals surface area contributed by atoms with Gasteiger partial charge < -0.3 is 15.8 Å². The Bertz CT molecular complexity index is 1470. The van der Waals surface area contributed by atoms with Crippen LogP contribution in [0.3, 0.4) is 0 Å². The van der Waals surface area contributed by atoms with Gasteiger partial charge in [0.2, 0.25) is 0 Å². The van der Waals surface area contributed by atoms with E-state index in [1.54, 1.807) is 17.1 Å². The summed E-state index contributed by atoms with van der Waals surface area (Å²) in [4.78, 5) is 17.4. The molecule has 0 radical (unpaired) electrons. The SMILES string of the molecule is CC(Oc1cc(-c2cnn(C)c2)cnc1N)c1cccc(NC(=O)c2ccc3c(c2)C2(CC3)CC2)c1. The van der Waals surface area contributed by atoms with Crippen LogP contribution in [0.25, 0.3) is 11.1 Å². The fraction of sp³-hybridized carbons (Fsp3) is 0.276. The van der Waals surface area contributed by atoms with Gasteiger partial charge in [0.1, 0.15) is 6.10 Å². The van der Waals surface area contributed by atoms with Gasteiger partial charge in [0.05, 0.1) is 6.20 Å². The van der Waals surface area contributed by atoms with Gasteiger partial charge in [-0.1, -0.05) is 18.2 Å². The average Bonchev–Trinajstić information content (AvgIpc) is 3.41. The van der Waals surface area contributed by atoms with E-state index >= 15 is 0 Å². The number of hydrogen-bond acceptors (Lipinski definition) is 5. The summed E-state index contributed by atoms with van der Waals surface area (Å²) in [5.74, 6) is 0.735. The van der Waals surface area contributed by atoms with Crippen molar-refractivity contribution in [3.8, 4) is 16.9 Å². The number of rotatable bonds is 6. The van der Waals surface area contributed by atoms with E-state index in [4.69, 9.17) is 10.5 Å². The summed E-state index contributed by atoms with van der Waals surface area (Å²) in [5.41, 5.74) is 13.4. The molecule has 1 atom stereocenters. The van der Waals surface area contributed by atoms with Crippen LogP contribution in [0.1, 0.15) is 59.3 Å². The zero-order valence-corrected chi connectivity index (χ0v) is 20.5. The molecule has 7 nitrogen and oxygen atoms in total. The van der Waals surface area contributed by atoms with Gasteiger partial charge in [-0.3, -0.25) is 9.48 Å². The maximum atomic E-state index is 13.1. The first-order valence-corrected chi connectivity index (χ1v) is 12.4. The Labute approximate surface area is 210 Å². The summed E-state index contributed by atoms with van der Waals surface area (Å²) >= 11 is 0. The van der Waals surface area contributed by atoms with E-state index in [0.29, 0.717) is 22.5 Å². The molecule has 1 unspecified atom stereocenters. The Kier molecular flexibility index (Phi) is 5.29. The van der Waals surface area contributed by atoms with Crippen LogP contribution in [-0.4, -0.2) is 20.7 Å². The van der Waals surface area contributed by atoms with Gasteiger partial charge in [0.15, 0.2) is 11.6 Å². The molecule has 2 aliphatic rings. The number of benzene rings is 2. The van der Waals surface area contributed by atoms with Gasteiger partial charge in [-0.25, -0.2) is 4.98 Å². The minimum atomic E-state index is -0.301. The summed E-state index contributed by atoms with van der Waals surface area (Å²) < 4.78 is 7.94. The van der Waals surface area contributed by atoms with Crippen molar-refractivity contribution < 1.29 is 9.53 Å². The maximum Gasteiger partial charge on any atom is 0.255 e. The number of carbonyl (C=O) groups is 1. The predicted octanol–water partition coefficient (Wildman–Crippen LogP) is 5.43. The molecule has 0 saturated heterocycles. The van der Waals surface area contributed by atoms with Crippen LogP contribution < -0.4 is 15.8 Å². The van der Waals surface area contributed by atoms with Gasteiger partial charge in [-0.15, -0.1) is 0 Å². The normalized spacial score (nSPS) is 15.9. The molecule has 7 heteroatoms. The molecule has 2 aliphatic carbocycles. The summed E-state index contributed by atoms with van der Waals surface area (Å²) in [6.07, 6.45) is 9.94. The lowest BCUT2D eigenvalue weighted by Crippen LogP contribution is -2.14. The quantitative estimate of drug-likeness (QED) is 0.384. The molecule has 2 heterocycles. The molecule has 1 amide bonds. The van der Waals surface area contributed by atoms with E-state index in [2.05, 4.69) is 27.5 Å². The molecule has 2 aromatic heterocycles. The van der Waals surface area contributed by atoms with Gasteiger partial charge in [0, 0.05) is 41.8 Å². The number of aryl methyl sites for hydroxylation is 2. The fourth-order valence-electron chi connectivity index (χ4n) is 5.22. The van der Waals surface area contributed by atoms with Crippen LogP contribution >= 0.6 is 0 Å². The van der Waals surface area contributed by atoms with Gasteiger partial charge in [-0.2, -0.15) is 5.10 Å². The van der Waals surface area contributed by atoms with Crippen LogP contribution in [0.5, 0.6) is 5.75 Å². The third-order valence-corrected chi connectivity index (χ3v) is 7.51. The fourth-order valence-corrected chi connectivity index (χ4v) is 5.22. The molecular formula is C29H29N5O2. The van der Waals surface area contributed by atoms with Crippen molar-refractivity contribution in [1.29, 1.82) is 0 Å². The summed E-state index contributed by atoms with van der Waals surface area (Å²) in [6, 6.07) is 15.8. The second-order valence-corrected chi connectivity index (χ2v) is 10.0. The van der Waals surface area contributed by atoms with Gasteiger partial charge in [0.25, 0.3) is 5.91 Å². The largest absolute Gasteiger partial charge is 0.482 e. The molecule has 4 aromatic rings. The van der Waals surface area contributed by atoms with Gasteiger partial charge in [-0.05, 0) is 85.0 Å². The highest BCUT2D eigenvalue weighted by Crippen LogP contribution is 2.56. The molecule has 36 heavy (non-hydrogen) atoms. The van der Waals surface area contributed by atoms with Gasteiger partial charge >= 0.3 is 0 Å². The minimum Gasteiger partial charge on any atom is -0.482 e. The third-order valence-electron chi connectivity index (χ3n) is 7.51. The second-order valence-electron chi connectivity index (χ2n) is 10.0. The number of pyridine rings is 1. The molecule has 3 N–H and O–H groups in total. The average molecular weight is 480 g/mol. The number of carbonyl (C=O) groups excluding carboxylic acids is 1. The lowest BCUT2D eigenvalue weighted by atomic mass is 9.96.